The van der Waals surface area contributed by atoms with Crippen molar-refractivity contribution in [3.05, 3.63) is 36.2 Å². The number of nitrogens with zero attached hydrogens (tertiary/aromatic N) is 5. The van der Waals surface area contributed by atoms with Crippen molar-refractivity contribution < 1.29 is 23.0 Å². The molecule has 188 valence electrons. The van der Waals surface area contributed by atoms with Gasteiger partial charge in [-0.3, -0.25) is 4.90 Å². The number of pyridine rings is 2. The van der Waals surface area contributed by atoms with Crippen molar-refractivity contribution >= 4 is 11.9 Å². The molecule has 3 aliphatic rings. The van der Waals surface area contributed by atoms with Crippen LogP contribution in [-0.4, -0.2) is 84.9 Å². The fourth-order valence-corrected chi connectivity index (χ4v) is 5.80. The minimum atomic E-state index is -0.599. The summed E-state index contributed by atoms with van der Waals surface area (Å²) >= 11 is 0. The first kappa shape index (κ1) is 23.7. The molecule has 4 heterocycles. The van der Waals surface area contributed by atoms with Gasteiger partial charge in [0.05, 0.1) is 19.9 Å². The highest BCUT2D eigenvalue weighted by atomic mass is 19.1. The van der Waals surface area contributed by atoms with Gasteiger partial charge in [-0.25, -0.2) is 23.5 Å². The Hall–Kier alpha value is -3.01. The standard InChI is InChI=1S/C25H31F2N5O3/c1-3-35-24(33)32-15-25(16-32)5-4-19(12-25)30-6-8-31(9-7-30)22-20(11-18(26)14-28-22)17-10-21(27)23(34-2)29-13-17/h10-11,13-14,19H,3-9,12,15-16H2,1-2H3/t19-/m1/s1. The van der Waals surface area contributed by atoms with E-state index in [1.165, 1.54) is 31.6 Å². The summed E-state index contributed by atoms with van der Waals surface area (Å²) in [4.78, 5) is 26.8. The minimum absolute atomic E-state index is 0.0977. The minimum Gasteiger partial charge on any atom is -0.479 e. The second kappa shape index (κ2) is 9.56. The number of piperazine rings is 1. The number of amides is 1. The van der Waals surface area contributed by atoms with Gasteiger partial charge in [0.1, 0.15) is 11.6 Å². The molecule has 0 aromatic carbocycles. The fraction of sp³-hybridized carbons (Fsp3) is 0.560. The number of anilines is 1. The summed E-state index contributed by atoms with van der Waals surface area (Å²) < 4.78 is 38.4. The van der Waals surface area contributed by atoms with Gasteiger partial charge >= 0.3 is 6.09 Å². The summed E-state index contributed by atoms with van der Waals surface area (Å²) in [6, 6.07) is 3.18. The predicted octanol–water partition coefficient (Wildman–Crippen LogP) is 3.56. The highest BCUT2D eigenvalue weighted by Gasteiger charge is 2.51. The highest BCUT2D eigenvalue weighted by molar-refractivity contribution is 5.75. The van der Waals surface area contributed by atoms with Crippen LogP contribution in [0.1, 0.15) is 26.2 Å². The van der Waals surface area contributed by atoms with Crippen LogP contribution < -0.4 is 9.64 Å². The van der Waals surface area contributed by atoms with Crippen molar-refractivity contribution in [3.63, 3.8) is 0 Å². The number of halogens is 2. The number of hydrogen-bond acceptors (Lipinski definition) is 7. The van der Waals surface area contributed by atoms with E-state index in [1.54, 1.807) is 0 Å². The molecule has 10 heteroatoms. The van der Waals surface area contributed by atoms with Gasteiger partial charge in [-0.2, -0.15) is 0 Å². The van der Waals surface area contributed by atoms with Crippen LogP contribution in [0, 0.1) is 17.0 Å². The summed E-state index contributed by atoms with van der Waals surface area (Å²) in [6.45, 7) is 7.05. The molecule has 1 atom stereocenters. The van der Waals surface area contributed by atoms with Gasteiger partial charge in [0.25, 0.3) is 0 Å². The fourth-order valence-electron chi connectivity index (χ4n) is 5.80. The molecular formula is C25H31F2N5O3. The molecule has 2 saturated heterocycles. The zero-order chi connectivity index (χ0) is 24.6. The third-order valence-electron chi connectivity index (χ3n) is 7.53. The van der Waals surface area contributed by atoms with Crippen molar-refractivity contribution in [1.29, 1.82) is 0 Å². The molecule has 1 amide bonds. The maximum atomic E-state index is 14.3. The van der Waals surface area contributed by atoms with Crippen LogP contribution in [0.4, 0.5) is 19.4 Å². The van der Waals surface area contributed by atoms with E-state index in [0.29, 0.717) is 29.6 Å². The molecule has 0 radical (unpaired) electrons. The van der Waals surface area contributed by atoms with Crippen LogP contribution in [0.25, 0.3) is 11.1 Å². The third kappa shape index (κ3) is 4.63. The SMILES string of the molecule is CCOC(=O)N1CC2(CC[C@@H](N3CCN(c4ncc(F)cc4-c4cnc(OC)c(F)c4)CC3)C2)C1. The Balaban J connectivity index is 1.22. The van der Waals surface area contributed by atoms with E-state index in [4.69, 9.17) is 9.47 Å². The first-order chi connectivity index (χ1) is 16.9. The lowest BCUT2D eigenvalue weighted by atomic mass is 9.78. The molecule has 2 aliphatic heterocycles. The van der Waals surface area contributed by atoms with Crippen molar-refractivity contribution in [1.82, 2.24) is 19.8 Å². The normalized spacial score (nSPS) is 21.8. The molecule has 8 nitrogen and oxygen atoms in total. The van der Waals surface area contributed by atoms with E-state index in [2.05, 4.69) is 19.8 Å². The van der Waals surface area contributed by atoms with Gasteiger partial charge in [0, 0.05) is 68.0 Å². The zero-order valence-corrected chi connectivity index (χ0v) is 20.2. The van der Waals surface area contributed by atoms with Gasteiger partial charge in [-0.15, -0.1) is 0 Å². The van der Waals surface area contributed by atoms with E-state index < -0.39 is 11.6 Å². The molecule has 0 N–H and O–H groups in total. The first-order valence-electron chi connectivity index (χ1n) is 12.2. The second-order valence-corrected chi connectivity index (χ2v) is 9.71. The number of aromatic nitrogens is 2. The Morgan fingerprint density at radius 1 is 1.14 bits per heavy atom. The smallest absolute Gasteiger partial charge is 0.409 e. The molecular weight excluding hydrogens is 456 g/mol. The number of ether oxygens (including phenoxy) is 2. The van der Waals surface area contributed by atoms with Gasteiger partial charge in [0.2, 0.25) is 5.88 Å². The van der Waals surface area contributed by atoms with Gasteiger partial charge in [0.15, 0.2) is 5.82 Å². The van der Waals surface area contributed by atoms with Crippen LogP contribution in [-0.2, 0) is 4.74 Å². The average Bonchev–Trinajstić information content (AvgIpc) is 3.29. The van der Waals surface area contributed by atoms with Crippen LogP contribution in [0.2, 0.25) is 0 Å². The van der Waals surface area contributed by atoms with E-state index >= 15 is 0 Å². The summed E-state index contributed by atoms with van der Waals surface area (Å²) in [5, 5.41) is 0. The Labute approximate surface area is 203 Å². The molecule has 1 aliphatic carbocycles. The average molecular weight is 488 g/mol. The number of hydrogen-bond donors (Lipinski definition) is 0. The maximum absolute atomic E-state index is 14.3. The van der Waals surface area contributed by atoms with Crippen LogP contribution in [0.3, 0.4) is 0 Å². The van der Waals surface area contributed by atoms with E-state index in [-0.39, 0.29) is 17.4 Å². The summed E-state index contributed by atoms with van der Waals surface area (Å²) in [6.07, 6.45) is 5.84. The molecule has 2 aromatic rings. The number of likely N-dealkylation sites (tertiary alicyclic amines) is 1. The molecule has 0 bridgehead atoms. The quantitative estimate of drug-likeness (QED) is 0.639. The Morgan fingerprint density at radius 2 is 1.91 bits per heavy atom. The lowest BCUT2D eigenvalue weighted by Crippen LogP contribution is -2.58. The van der Waals surface area contributed by atoms with Crippen molar-refractivity contribution in [2.75, 3.05) is 57.9 Å². The van der Waals surface area contributed by atoms with Crippen molar-refractivity contribution in [2.45, 2.75) is 32.2 Å². The van der Waals surface area contributed by atoms with Gasteiger partial charge < -0.3 is 19.3 Å². The van der Waals surface area contributed by atoms with Gasteiger partial charge in [-0.1, -0.05) is 0 Å². The molecule has 1 saturated carbocycles. The van der Waals surface area contributed by atoms with Crippen LogP contribution >= 0.6 is 0 Å². The predicted molar refractivity (Wildman–Crippen MR) is 126 cm³/mol. The van der Waals surface area contributed by atoms with Crippen molar-refractivity contribution in [2.24, 2.45) is 5.41 Å². The van der Waals surface area contributed by atoms with Crippen molar-refractivity contribution in [3.8, 4) is 17.0 Å². The van der Waals surface area contributed by atoms with Crippen LogP contribution in [0.15, 0.2) is 24.5 Å². The third-order valence-corrected chi connectivity index (χ3v) is 7.53. The first-order valence-corrected chi connectivity index (χ1v) is 12.2. The largest absolute Gasteiger partial charge is 0.479 e. The summed E-state index contributed by atoms with van der Waals surface area (Å²) in [5.74, 6) is -0.547. The maximum Gasteiger partial charge on any atom is 0.409 e. The molecule has 35 heavy (non-hydrogen) atoms. The summed E-state index contributed by atoms with van der Waals surface area (Å²) in [5.41, 5.74) is 1.20. The van der Waals surface area contributed by atoms with E-state index in [9.17, 15) is 13.6 Å². The zero-order valence-electron chi connectivity index (χ0n) is 20.2. The molecule has 3 fully saturated rings. The molecule has 0 unspecified atom stereocenters. The molecule has 1 spiro atoms. The highest BCUT2D eigenvalue weighted by Crippen LogP contribution is 2.47. The summed E-state index contributed by atoms with van der Waals surface area (Å²) in [7, 11) is 1.35. The van der Waals surface area contributed by atoms with E-state index in [0.717, 1.165) is 58.5 Å². The number of methoxy groups -OCH3 is 1. The Morgan fingerprint density at radius 3 is 2.60 bits per heavy atom. The monoisotopic (exact) mass is 487 g/mol. The lowest BCUT2D eigenvalue weighted by Gasteiger charge is -2.48. The second-order valence-electron chi connectivity index (χ2n) is 9.71. The van der Waals surface area contributed by atoms with Gasteiger partial charge in [-0.05, 0) is 38.3 Å². The number of carbonyl (C=O) groups is 1. The molecule has 2 aromatic heterocycles. The number of rotatable bonds is 5. The molecule has 5 rings (SSSR count). The number of carbonyl (C=O) groups excluding carboxylic acids is 1. The van der Waals surface area contributed by atoms with E-state index in [1.807, 2.05) is 11.8 Å². The Bertz CT molecular complexity index is 1090. The van der Waals surface area contributed by atoms with Crippen LogP contribution in [0.5, 0.6) is 5.88 Å². The topological polar surface area (TPSA) is 71.0 Å². The lowest BCUT2D eigenvalue weighted by molar-refractivity contribution is -0.00294. The Kier molecular flexibility index (Phi) is 6.48.